The third-order valence-corrected chi connectivity index (χ3v) is 2.61. The molecule has 5 unspecified atom stereocenters. The molecule has 0 aromatic rings. The summed E-state index contributed by atoms with van der Waals surface area (Å²) in [6.45, 7) is 1.03. The minimum absolute atomic E-state index is 0.0544. The molecule has 1 N–H and O–H groups in total. The summed E-state index contributed by atoms with van der Waals surface area (Å²) < 4.78 is 38.9. The first-order valence-corrected chi connectivity index (χ1v) is 6.40. The average Bonchev–Trinajstić information content (AvgIpc) is 2.32. The van der Waals surface area contributed by atoms with Gasteiger partial charge in [0.15, 0.2) is 0 Å². The van der Waals surface area contributed by atoms with Gasteiger partial charge in [0.25, 0.3) is 0 Å². The summed E-state index contributed by atoms with van der Waals surface area (Å²) in [5, 5.41) is 0. The first-order chi connectivity index (χ1) is 6.85. The molecule has 0 saturated carbocycles. The monoisotopic (exact) mass is 238 g/mol. The lowest BCUT2D eigenvalue weighted by Crippen LogP contribution is -2.33. The van der Waals surface area contributed by atoms with Crippen LogP contribution < -0.4 is 0 Å². The highest BCUT2D eigenvalue weighted by atomic mass is 31.2. The largest absolute Gasteiger partial charge is 0.382 e. The van der Waals surface area contributed by atoms with Gasteiger partial charge >= 0.3 is 7.60 Å². The number of hydrogen-bond acceptors (Lipinski definition) is 4. The van der Waals surface area contributed by atoms with Gasteiger partial charge in [0, 0.05) is 13.8 Å². The van der Waals surface area contributed by atoms with E-state index in [9.17, 15) is 8.96 Å². The summed E-state index contributed by atoms with van der Waals surface area (Å²) in [5.74, 6) is 0. The van der Waals surface area contributed by atoms with Gasteiger partial charge in [-0.3, -0.25) is 9.09 Å². The molecule has 1 rings (SSSR count). The Balaban J connectivity index is 2.68. The Morgan fingerprint density at radius 2 is 2.27 bits per heavy atom. The second-order valence-corrected chi connectivity index (χ2v) is 5.23. The van der Waals surface area contributed by atoms with Crippen molar-refractivity contribution in [2.24, 2.45) is 0 Å². The van der Waals surface area contributed by atoms with Gasteiger partial charge in [0.1, 0.15) is 26.2 Å². The van der Waals surface area contributed by atoms with Crippen molar-refractivity contribution in [2.45, 2.75) is 24.4 Å². The first-order valence-electron chi connectivity index (χ1n) is 4.38. The summed E-state index contributed by atoms with van der Waals surface area (Å²) in [6.07, 6.45) is -3.56. The van der Waals surface area contributed by atoms with Crippen LogP contribution in [0.25, 0.3) is 0 Å². The van der Waals surface area contributed by atoms with E-state index in [-0.39, 0.29) is 6.61 Å². The molecule has 1 fully saturated rings. The van der Waals surface area contributed by atoms with Crippen LogP contribution in [-0.2, 0) is 18.6 Å². The van der Waals surface area contributed by atoms with E-state index < -0.39 is 32.0 Å². The highest BCUT2D eigenvalue weighted by Gasteiger charge is 2.45. The Morgan fingerprint density at radius 1 is 1.67 bits per heavy atom. The van der Waals surface area contributed by atoms with Gasteiger partial charge in [-0.25, -0.2) is 4.39 Å². The quantitative estimate of drug-likeness (QED) is 0.554. The van der Waals surface area contributed by atoms with Gasteiger partial charge in [-0.15, -0.1) is 0 Å². The molecule has 5 nitrogen and oxygen atoms in total. The molecular formula is C7H13BFO5P. The first kappa shape index (κ1) is 13.1. The number of rotatable bonds is 4. The molecular weight excluding hydrogens is 225 g/mol. The Kier molecular flexibility index (Phi) is 4.32. The Hall–Kier alpha value is 0.0649. The molecule has 1 saturated heterocycles. The number of hydrogen-bond donors (Lipinski definition) is 1. The van der Waals surface area contributed by atoms with Crippen LogP contribution in [0, 0.1) is 0 Å². The predicted molar refractivity (Wildman–Crippen MR) is 51.8 cm³/mol. The lowest BCUT2D eigenvalue weighted by Gasteiger charge is -2.20. The Labute approximate surface area is 88.8 Å². The van der Waals surface area contributed by atoms with Gasteiger partial charge in [-0.05, 0) is 0 Å². The number of ether oxygens (including phenoxy) is 2. The summed E-state index contributed by atoms with van der Waals surface area (Å²) >= 11 is 0. The lowest BCUT2D eigenvalue weighted by molar-refractivity contribution is -0.0131. The van der Waals surface area contributed by atoms with Crippen molar-refractivity contribution in [1.82, 2.24) is 0 Å². The molecule has 0 aliphatic carbocycles. The molecule has 0 aromatic heterocycles. The maximum Gasteiger partial charge on any atom is 0.325 e. The van der Waals surface area contributed by atoms with Crippen molar-refractivity contribution < 1.29 is 27.8 Å². The van der Waals surface area contributed by atoms with Crippen molar-refractivity contribution in [3.63, 3.8) is 0 Å². The Morgan fingerprint density at radius 3 is 2.73 bits per heavy atom. The van der Waals surface area contributed by atoms with E-state index in [0.29, 0.717) is 0 Å². The van der Waals surface area contributed by atoms with Gasteiger partial charge < -0.3 is 14.4 Å². The second-order valence-electron chi connectivity index (χ2n) is 3.41. The molecule has 0 bridgehead atoms. The molecule has 5 atom stereocenters. The van der Waals surface area contributed by atoms with Crippen LogP contribution in [0.3, 0.4) is 0 Å². The highest BCUT2D eigenvalue weighted by molar-refractivity contribution is 7.51. The molecule has 8 heteroatoms. The van der Waals surface area contributed by atoms with Crippen LogP contribution >= 0.6 is 7.60 Å². The molecule has 1 heterocycles. The van der Waals surface area contributed by atoms with Crippen LogP contribution in [-0.4, -0.2) is 57.5 Å². The SMILES string of the molecule is [B]C1OC(COC)C(OP(C)(=O)O)C1F. The van der Waals surface area contributed by atoms with Gasteiger partial charge in [-0.1, -0.05) is 0 Å². The van der Waals surface area contributed by atoms with Crippen LogP contribution in [0.1, 0.15) is 0 Å². The van der Waals surface area contributed by atoms with E-state index in [1.165, 1.54) is 7.11 Å². The number of alkyl halides is 1. The molecule has 1 aliphatic rings. The normalized spacial score (nSPS) is 40.3. The zero-order chi connectivity index (χ0) is 11.6. The molecule has 0 spiro atoms. The zero-order valence-corrected chi connectivity index (χ0v) is 9.39. The average molecular weight is 238 g/mol. The van der Waals surface area contributed by atoms with Crippen molar-refractivity contribution in [1.29, 1.82) is 0 Å². The second kappa shape index (κ2) is 4.93. The Bertz CT molecular complexity index is 260. The van der Waals surface area contributed by atoms with Crippen LogP contribution in [0.4, 0.5) is 4.39 Å². The molecule has 2 radical (unpaired) electrons. The van der Waals surface area contributed by atoms with E-state index in [4.69, 9.17) is 26.7 Å². The van der Waals surface area contributed by atoms with Crippen LogP contribution in [0.5, 0.6) is 0 Å². The lowest BCUT2D eigenvalue weighted by atomic mass is 9.94. The molecule has 86 valence electrons. The van der Waals surface area contributed by atoms with Crippen LogP contribution in [0.15, 0.2) is 0 Å². The molecule has 0 aromatic carbocycles. The van der Waals surface area contributed by atoms with Gasteiger partial charge in [-0.2, -0.15) is 0 Å². The molecule has 15 heavy (non-hydrogen) atoms. The van der Waals surface area contributed by atoms with E-state index >= 15 is 0 Å². The molecule has 0 amide bonds. The summed E-state index contributed by atoms with van der Waals surface area (Å²) in [7, 11) is 2.94. The van der Waals surface area contributed by atoms with Crippen molar-refractivity contribution in [3.05, 3.63) is 0 Å². The maximum absolute atomic E-state index is 13.4. The van der Waals surface area contributed by atoms with Crippen molar-refractivity contribution in [2.75, 3.05) is 20.4 Å². The highest BCUT2D eigenvalue weighted by Crippen LogP contribution is 2.42. The number of halogens is 1. The maximum atomic E-state index is 13.4. The van der Waals surface area contributed by atoms with E-state index in [1.54, 1.807) is 0 Å². The van der Waals surface area contributed by atoms with Gasteiger partial charge in [0.05, 0.1) is 12.6 Å². The van der Waals surface area contributed by atoms with Crippen LogP contribution in [0.2, 0.25) is 0 Å². The third-order valence-electron chi connectivity index (χ3n) is 1.97. The fourth-order valence-electron chi connectivity index (χ4n) is 1.40. The standard InChI is InChI=1S/C7H13BFO5P/c1-12-3-4-6(14-15(2,10)11)5(9)7(8)13-4/h4-7H,3H2,1-2H3,(H,10,11). The minimum Gasteiger partial charge on any atom is -0.382 e. The van der Waals surface area contributed by atoms with Crippen molar-refractivity contribution >= 4 is 15.4 Å². The van der Waals surface area contributed by atoms with Crippen molar-refractivity contribution in [3.8, 4) is 0 Å². The van der Waals surface area contributed by atoms with E-state index in [2.05, 4.69) is 0 Å². The fourth-order valence-corrected chi connectivity index (χ4v) is 2.10. The predicted octanol–water partition coefficient (Wildman–Crippen LogP) is 0.0647. The summed E-state index contributed by atoms with van der Waals surface area (Å²) in [4.78, 5) is 9.00. The summed E-state index contributed by atoms with van der Waals surface area (Å²) in [6, 6.07) is -1.15. The topological polar surface area (TPSA) is 65.0 Å². The zero-order valence-electron chi connectivity index (χ0n) is 8.50. The van der Waals surface area contributed by atoms with E-state index in [0.717, 1.165) is 6.66 Å². The fraction of sp³-hybridized carbons (Fsp3) is 1.00. The third kappa shape index (κ3) is 3.54. The smallest absolute Gasteiger partial charge is 0.325 e. The number of methoxy groups -OCH3 is 1. The van der Waals surface area contributed by atoms with Gasteiger partial charge in [0.2, 0.25) is 0 Å². The molecule has 1 aliphatic heterocycles. The minimum atomic E-state index is -3.77. The van der Waals surface area contributed by atoms with E-state index in [1.807, 2.05) is 0 Å². The summed E-state index contributed by atoms with van der Waals surface area (Å²) in [5.41, 5.74) is 0.